The molecule has 0 spiro atoms. The van der Waals surface area contributed by atoms with E-state index in [1.807, 2.05) is 61.5 Å². The van der Waals surface area contributed by atoms with Crippen LogP contribution in [0.15, 0.2) is 48.5 Å². The smallest absolute Gasteiger partial charge is 0.101 e. The maximum Gasteiger partial charge on any atom is 0.101 e. The topological polar surface area (TPSA) is 36.7 Å². The number of aryl methyl sites for hydroxylation is 1. The monoisotopic (exact) mass is 220 g/mol. The largest absolute Gasteiger partial charge is 0.252 e. The number of nitriles is 1. The van der Waals surface area contributed by atoms with Crippen LogP contribution in [0.5, 0.6) is 0 Å². The van der Waals surface area contributed by atoms with Gasteiger partial charge in [-0.2, -0.15) is 5.26 Å². The first-order chi connectivity index (χ1) is 8.29. The summed E-state index contributed by atoms with van der Waals surface area (Å²) in [6.07, 6.45) is 1.85. The molecule has 0 fully saturated rings. The van der Waals surface area contributed by atoms with E-state index in [9.17, 15) is 5.26 Å². The van der Waals surface area contributed by atoms with Gasteiger partial charge in [0.2, 0.25) is 0 Å². The Hall–Kier alpha value is -2.40. The van der Waals surface area contributed by atoms with Crippen molar-refractivity contribution in [2.24, 2.45) is 0 Å². The summed E-state index contributed by atoms with van der Waals surface area (Å²) in [7, 11) is 0. The van der Waals surface area contributed by atoms with Crippen molar-refractivity contribution in [3.63, 3.8) is 0 Å². The standard InChI is InChI=1S/C15H12N2/c1-12-6-5-9-15(17-12)14(11-16)10-13-7-3-2-4-8-13/h2-10H,1H3/b14-10-. The molecule has 0 bridgehead atoms. The SMILES string of the molecule is Cc1cccc(/C(C#N)=C\c2ccccc2)n1. The molecular formula is C15H12N2. The zero-order valence-corrected chi connectivity index (χ0v) is 9.59. The fourth-order valence-corrected chi connectivity index (χ4v) is 1.57. The summed E-state index contributed by atoms with van der Waals surface area (Å²) < 4.78 is 0. The Labute approximate surface area is 101 Å². The molecule has 17 heavy (non-hydrogen) atoms. The van der Waals surface area contributed by atoms with Gasteiger partial charge < -0.3 is 0 Å². The lowest BCUT2D eigenvalue weighted by molar-refractivity contribution is 1.17. The first kappa shape index (κ1) is 11.1. The minimum atomic E-state index is 0.583. The van der Waals surface area contributed by atoms with Gasteiger partial charge in [0.15, 0.2) is 0 Å². The molecule has 2 rings (SSSR count). The summed E-state index contributed by atoms with van der Waals surface area (Å²) in [4.78, 5) is 4.35. The molecule has 0 saturated heterocycles. The predicted octanol–water partition coefficient (Wildman–Crippen LogP) is 3.45. The molecule has 1 heterocycles. The highest BCUT2D eigenvalue weighted by atomic mass is 14.7. The second-order valence-corrected chi connectivity index (χ2v) is 3.74. The van der Waals surface area contributed by atoms with Gasteiger partial charge in [0.25, 0.3) is 0 Å². The van der Waals surface area contributed by atoms with Crippen molar-refractivity contribution in [1.82, 2.24) is 4.98 Å². The van der Waals surface area contributed by atoms with Crippen molar-refractivity contribution < 1.29 is 0 Å². The normalized spacial score (nSPS) is 10.9. The Bertz CT molecular complexity index is 577. The van der Waals surface area contributed by atoms with Gasteiger partial charge in [0.1, 0.15) is 6.07 Å². The zero-order valence-electron chi connectivity index (χ0n) is 9.59. The fraction of sp³-hybridized carbons (Fsp3) is 0.0667. The van der Waals surface area contributed by atoms with E-state index in [2.05, 4.69) is 11.1 Å². The molecule has 2 aromatic rings. The molecule has 0 unspecified atom stereocenters. The molecule has 0 amide bonds. The molecule has 0 radical (unpaired) electrons. The highest BCUT2D eigenvalue weighted by Crippen LogP contribution is 2.15. The molecular weight excluding hydrogens is 208 g/mol. The first-order valence-corrected chi connectivity index (χ1v) is 5.40. The van der Waals surface area contributed by atoms with Crippen LogP contribution in [0.2, 0.25) is 0 Å². The predicted molar refractivity (Wildman–Crippen MR) is 68.9 cm³/mol. The van der Waals surface area contributed by atoms with Gasteiger partial charge in [-0.25, -0.2) is 0 Å². The second kappa shape index (κ2) is 5.09. The number of rotatable bonds is 2. The number of hydrogen-bond donors (Lipinski definition) is 0. The molecule has 0 aliphatic heterocycles. The van der Waals surface area contributed by atoms with E-state index in [0.29, 0.717) is 5.57 Å². The molecule has 82 valence electrons. The van der Waals surface area contributed by atoms with Crippen molar-refractivity contribution in [2.75, 3.05) is 0 Å². The van der Waals surface area contributed by atoms with Gasteiger partial charge in [0.05, 0.1) is 11.3 Å². The molecule has 0 N–H and O–H groups in total. The van der Waals surface area contributed by atoms with Crippen LogP contribution in [0.4, 0.5) is 0 Å². The van der Waals surface area contributed by atoms with E-state index in [-0.39, 0.29) is 0 Å². The summed E-state index contributed by atoms with van der Waals surface area (Å²) >= 11 is 0. The fourth-order valence-electron chi connectivity index (χ4n) is 1.57. The lowest BCUT2D eigenvalue weighted by Crippen LogP contribution is -1.89. The summed E-state index contributed by atoms with van der Waals surface area (Å²) in [5, 5.41) is 9.17. The number of allylic oxidation sites excluding steroid dienone is 1. The quantitative estimate of drug-likeness (QED) is 0.727. The van der Waals surface area contributed by atoms with Gasteiger partial charge in [0, 0.05) is 5.69 Å². The van der Waals surface area contributed by atoms with Gasteiger partial charge in [-0.1, -0.05) is 36.4 Å². The maximum absolute atomic E-state index is 9.17. The van der Waals surface area contributed by atoms with E-state index in [1.165, 1.54) is 0 Å². The number of benzene rings is 1. The molecule has 0 atom stereocenters. The van der Waals surface area contributed by atoms with Crippen LogP contribution in [0, 0.1) is 18.3 Å². The van der Waals surface area contributed by atoms with Crippen LogP contribution in [-0.2, 0) is 0 Å². The van der Waals surface area contributed by atoms with Crippen LogP contribution in [0.25, 0.3) is 11.6 Å². The third-order valence-electron chi connectivity index (χ3n) is 2.40. The van der Waals surface area contributed by atoms with Crippen LogP contribution in [0.3, 0.4) is 0 Å². The van der Waals surface area contributed by atoms with E-state index in [4.69, 9.17) is 0 Å². The summed E-state index contributed by atoms with van der Waals surface area (Å²) in [5.74, 6) is 0. The van der Waals surface area contributed by atoms with Crippen LogP contribution >= 0.6 is 0 Å². The van der Waals surface area contributed by atoms with Gasteiger partial charge in [-0.15, -0.1) is 0 Å². The third kappa shape index (κ3) is 2.79. The zero-order chi connectivity index (χ0) is 12.1. The van der Waals surface area contributed by atoms with Crippen molar-refractivity contribution in [3.05, 3.63) is 65.5 Å². The summed E-state index contributed by atoms with van der Waals surface area (Å²) in [6.45, 7) is 1.92. The van der Waals surface area contributed by atoms with Crippen LogP contribution < -0.4 is 0 Å². The number of pyridine rings is 1. The molecule has 1 aromatic heterocycles. The Morgan fingerprint density at radius 3 is 2.53 bits per heavy atom. The second-order valence-electron chi connectivity index (χ2n) is 3.74. The van der Waals surface area contributed by atoms with E-state index in [1.54, 1.807) is 0 Å². The van der Waals surface area contributed by atoms with Crippen molar-refractivity contribution in [2.45, 2.75) is 6.92 Å². The molecule has 2 nitrogen and oxygen atoms in total. The number of hydrogen-bond acceptors (Lipinski definition) is 2. The molecule has 0 saturated carbocycles. The average Bonchev–Trinajstić information content (AvgIpc) is 2.37. The van der Waals surface area contributed by atoms with Crippen molar-refractivity contribution in [1.29, 1.82) is 5.26 Å². The minimum Gasteiger partial charge on any atom is -0.252 e. The third-order valence-corrected chi connectivity index (χ3v) is 2.40. The molecule has 2 heteroatoms. The molecule has 1 aromatic carbocycles. The summed E-state index contributed by atoms with van der Waals surface area (Å²) in [5.41, 5.74) is 3.22. The minimum absolute atomic E-state index is 0.583. The lowest BCUT2D eigenvalue weighted by atomic mass is 10.1. The number of nitrogens with zero attached hydrogens (tertiary/aromatic N) is 2. The molecule has 0 aliphatic carbocycles. The van der Waals surface area contributed by atoms with Gasteiger partial charge in [-0.05, 0) is 30.7 Å². The molecule has 0 aliphatic rings. The first-order valence-electron chi connectivity index (χ1n) is 5.40. The van der Waals surface area contributed by atoms with Gasteiger partial charge >= 0.3 is 0 Å². The van der Waals surface area contributed by atoms with Crippen molar-refractivity contribution in [3.8, 4) is 6.07 Å². The van der Waals surface area contributed by atoms with E-state index >= 15 is 0 Å². The van der Waals surface area contributed by atoms with Crippen LogP contribution in [-0.4, -0.2) is 4.98 Å². The Morgan fingerprint density at radius 2 is 1.88 bits per heavy atom. The van der Waals surface area contributed by atoms with E-state index < -0.39 is 0 Å². The highest BCUT2D eigenvalue weighted by molar-refractivity contribution is 5.88. The van der Waals surface area contributed by atoms with Gasteiger partial charge in [-0.3, -0.25) is 4.98 Å². The number of aromatic nitrogens is 1. The average molecular weight is 220 g/mol. The van der Waals surface area contributed by atoms with Crippen LogP contribution in [0.1, 0.15) is 17.0 Å². The Balaban J connectivity index is 2.42. The lowest BCUT2D eigenvalue weighted by Gasteiger charge is -2.00. The summed E-state index contributed by atoms with van der Waals surface area (Å²) in [6, 6.07) is 17.7. The Kier molecular flexibility index (Phi) is 3.32. The highest BCUT2D eigenvalue weighted by Gasteiger charge is 2.02. The van der Waals surface area contributed by atoms with Crippen molar-refractivity contribution >= 4 is 11.6 Å². The van der Waals surface area contributed by atoms with E-state index in [0.717, 1.165) is 17.0 Å². The Morgan fingerprint density at radius 1 is 1.12 bits per heavy atom. The maximum atomic E-state index is 9.17.